The van der Waals surface area contributed by atoms with Crippen molar-refractivity contribution in [1.82, 2.24) is 19.9 Å². The van der Waals surface area contributed by atoms with Crippen LogP contribution < -0.4 is 10.1 Å². The second-order valence-electron chi connectivity index (χ2n) is 5.67. The zero-order valence-corrected chi connectivity index (χ0v) is 14.6. The summed E-state index contributed by atoms with van der Waals surface area (Å²) in [7, 11) is 1.64. The van der Waals surface area contributed by atoms with Crippen molar-refractivity contribution < 1.29 is 9.47 Å². The third kappa shape index (κ3) is 4.45. The van der Waals surface area contributed by atoms with E-state index in [1.54, 1.807) is 7.11 Å². The largest absolute Gasteiger partial charge is 0.474 e. The van der Waals surface area contributed by atoms with Gasteiger partial charge in [0.05, 0.1) is 6.61 Å². The van der Waals surface area contributed by atoms with Crippen LogP contribution in [0.2, 0.25) is 0 Å². The van der Waals surface area contributed by atoms with E-state index in [4.69, 9.17) is 9.47 Å². The summed E-state index contributed by atoms with van der Waals surface area (Å²) in [4.78, 5) is 16.9. The Labute approximate surface area is 146 Å². The third-order valence-corrected chi connectivity index (χ3v) is 3.69. The van der Waals surface area contributed by atoms with E-state index in [2.05, 4.69) is 32.2 Å². The molecule has 0 aliphatic carbocycles. The number of nitrogens with one attached hydrogen (secondary N) is 2. The molecule has 0 atom stereocenters. The van der Waals surface area contributed by atoms with Crippen LogP contribution >= 0.6 is 0 Å². The molecule has 3 rings (SSSR count). The minimum absolute atomic E-state index is 0.413. The van der Waals surface area contributed by atoms with Gasteiger partial charge < -0.3 is 19.8 Å². The van der Waals surface area contributed by atoms with E-state index in [9.17, 15) is 0 Å². The molecule has 2 N–H and O–H groups in total. The van der Waals surface area contributed by atoms with Crippen molar-refractivity contribution in [3.63, 3.8) is 0 Å². The second-order valence-corrected chi connectivity index (χ2v) is 5.67. The summed E-state index contributed by atoms with van der Waals surface area (Å²) in [5.41, 5.74) is 2.24. The molecule has 7 nitrogen and oxygen atoms in total. The van der Waals surface area contributed by atoms with Crippen LogP contribution in [0.15, 0.2) is 30.3 Å². The van der Waals surface area contributed by atoms with Crippen LogP contribution in [0.4, 0.5) is 11.6 Å². The van der Waals surface area contributed by atoms with Crippen molar-refractivity contribution in [3.8, 4) is 5.88 Å². The zero-order chi connectivity index (χ0) is 17.5. The van der Waals surface area contributed by atoms with Gasteiger partial charge in [-0.1, -0.05) is 31.5 Å². The summed E-state index contributed by atoms with van der Waals surface area (Å²) in [5, 5.41) is 3.19. The number of anilines is 2. The number of ether oxygens (including phenoxy) is 2. The van der Waals surface area contributed by atoms with Gasteiger partial charge in [-0.05, 0) is 18.6 Å². The number of fused-ring (bicyclic) bond motifs is 1. The SMILES string of the molecule is CCCCc1nc2nc(Nc3ccccc3)nc(OCCOC)c2[nH]1. The van der Waals surface area contributed by atoms with Crippen LogP contribution in [0.25, 0.3) is 11.2 Å². The predicted molar refractivity (Wildman–Crippen MR) is 97.4 cm³/mol. The highest BCUT2D eigenvalue weighted by Gasteiger charge is 2.14. The number of aromatic amines is 1. The Kier molecular flexibility index (Phi) is 5.79. The summed E-state index contributed by atoms with van der Waals surface area (Å²) in [6.07, 6.45) is 3.06. The fourth-order valence-electron chi connectivity index (χ4n) is 2.41. The smallest absolute Gasteiger partial charge is 0.245 e. The average Bonchev–Trinajstić information content (AvgIpc) is 3.04. The molecule has 25 heavy (non-hydrogen) atoms. The molecule has 0 aliphatic heterocycles. The van der Waals surface area contributed by atoms with E-state index in [0.29, 0.717) is 30.7 Å². The number of imidazole rings is 1. The van der Waals surface area contributed by atoms with E-state index in [-0.39, 0.29) is 0 Å². The highest BCUT2D eigenvalue weighted by molar-refractivity contribution is 5.78. The van der Waals surface area contributed by atoms with E-state index < -0.39 is 0 Å². The maximum Gasteiger partial charge on any atom is 0.245 e. The Morgan fingerprint density at radius 3 is 2.68 bits per heavy atom. The van der Waals surface area contributed by atoms with Gasteiger partial charge in [-0.15, -0.1) is 0 Å². The third-order valence-electron chi connectivity index (χ3n) is 3.69. The molecule has 0 saturated heterocycles. The van der Waals surface area contributed by atoms with Crippen LogP contribution in [-0.2, 0) is 11.2 Å². The van der Waals surface area contributed by atoms with Crippen molar-refractivity contribution in [1.29, 1.82) is 0 Å². The lowest BCUT2D eigenvalue weighted by atomic mass is 10.2. The Bertz CT molecular complexity index is 804. The number of H-pyrrole nitrogens is 1. The normalized spacial score (nSPS) is 11.0. The summed E-state index contributed by atoms with van der Waals surface area (Å²) >= 11 is 0. The molecule has 0 fully saturated rings. The summed E-state index contributed by atoms with van der Waals surface area (Å²) < 4.78 is 10.8. The zero-order valence-electron chi connectivity index (χ0n) is 14.6. The maximum absolute atomic E-state index is 5.77. The minimum Gasteiger partial charge on any atom is -0.474 e. The first-order valence-electron chi connectivity index (χ1n) is 8.50. The molecule has 0 amide bonds. The lowest BCUT2D eigenvalue weighted by Crippen LogP contribution is -2.07. The fraction of sp³-hybridized carbons (Fsp3) is 0.389. The predicted octanol–water partition coefficient (Wildman–Crippen LogP) is 3.46. The average molecular weight is 341 g/mol. The van der Waals surface area contributed by atoms with Gasteiger partial charge in [0.2, 0.25) is 11.8 Å². The minimum atomic E-state index is 0.413. The standard InChI is InChI=1S/C18H23N5O2/c1-3-4-10-14-20-15-16(21-14)22-18(19-13-8-6-5-7-9-13)23-17(15)25-12-11-24-2/h5-9H,3-4,10-12H2,1-2H3,(H2,19,20,21,22,23). The Hall–Kier alpha value is -2.67. The summed E-state index contributed by atoms with van der Waals surface area (Å²) in [5.74, 6) is 1.84. The van der Waals surface area contributed by atoms with Gasteiger partial charge in [0, 0.05) is 19.2 Å². The molecule has 2 aromatic heterocycles. The molecule has 2 heterocycles. The van der Waals surface area contributed by atoms with Gasteiger partial charge >= 0.3 is 0 Å². The maximum atomic E-state index is 5.77. The van der Waals surface area contributed by atoms with Crippen LogP contribution in [0.1, 0.15) is 25.6 Å². The molecule has 132 valence electrons. The van der Waals surface area contributed by atoms with Crippen molar-refractivity contribution in [2.75, 3.05) is 25.6 Å². The number of para-hydroxylation sites is 1. The van der Waals surface area contributed by atoms with Crippen LogP contribution in [0, 0.1) is 0 Å². The highest BCUT2D eigenvalue weighted by atomic mass is 16.5. The first kappa shape index (κ1) is 17.2. The van der Waals surface area contributed by atoms with Crippen molar-refractivity contribution in [2.24, 2.45) is 0 Å². The molecule has 0 aliphatic rings. The number of nitrogens with zero attached hydrogens (tertiary/aromatic N) is 3. The number of hydrogen-bond donors (Lipinski definition) is 2. The van der Waals surface area contributed by atoms with Crippen molar-refractivity contribution in [3.05, 3.63) is 36.2 Å². The topological polar surface area (TPSA) is 85.0 Å². The molecule has 7 heteroatoms. The number of methoxy groups -OCH3 is 1. The number of aromatic nitrogens is 4. The van der Waals surface area contributed by atoms with Gasteiger partial charge in [0.25, 0.3) is 0 Å². The van der Waals surface area contributed by atoms with Crippen molar-refractivity contribution >= 4 is 22.8 Å². The lowest BCUT2D eigenvalue weighted by molar-refractivity contribution is 0.144. The lowest BCUT2D eigenvalue weighted by Gasteiger charge is -2.08. The molecule has 0 radical (unpaired) electrons. The van der Waals surface area contributed by atoms with E-state index in [1.807, 2.05) is 30.3 Å². The van der Waals surface area contributed by atoms with Gasteiger partial charge in [-0.25, -0.2) is 4.98 Å². The van der Waals surface area contributed by atoms with E-state index in [0.717, 1.165) is 36.3 Å². The van der Waals surface area contributed by atoms with Crippen LogP contribution in [0.3, 0.4) is 0 Å². The molecule has 0 bridgehead atoms. The first-order valence-corrected chi connectivity index (χ1v) is 8.50. The number of aryl methyl sites for hydroxylation is 1. The van der Waals surface area contributed by atoms with Gasteiger partial charge in [0.1, 0.15) is 17.9 Å². The van der Waals surface area contributed by atoms with E-state index >= 15 is 0 Å². The van der Waals surface area contributed by atoms with E-state index in [1.165, 1.54) is 0 Å². The summed E-state index contributed by atoms with van der Waals surface area (Å²) in [6, 6.07) is 9.78. The molecular weight excluding hydrogens is 318 g/mol. The molecule has 0 unspecified atom stereocenters. The quantitative estimate of drug-likeness (QED) is 0.580. The second kappa shape index (κ2) is 8.43. The fourth-order valence-corrected chi connectivity index (χ4v) is 2.41. The number of benzene rings is 1. The van der Waals surface area contributed by atoms with Gasteiger partial charge in [-0.3, -0.25) is 0 Å². The first-order chi connectivity index (χ1) is 12.3. The molecule has 1 aromatic carbocycles. The molecule has 0 saturated carbocycles. The molecule has 0 spiro atoms. The Balaban J connectivity index is 1.91. The highest BCUT2D eigenvalue weighted by Crippen LogP contribution is 2.24. The van der Waals surface area contributed by atoms with Crippen LogP contribution in [-0.4, -0.2) is 40.3 Å². The Morgan fingerprint density at radius 1 is 1.08 bits per heavy atom. The molecule has 3 aromatic rings. The van der Waals surface area contributed by atoms with Crippen molar-refractivity contribution in [2.45, 2.75) is 26.2 Å². The van der Waals surface area contributed by atoms with Gasteiger partial charge in [-0.2, -0.15) is 9.97 Å². The number of rotatable bonds is 9. The Morgan fingerprint density at radius 2 is 1.92 bits per heavy atom. The summed E-state index contributed by atoms with van der Waals surface area (Å²) in [6.45, 7) is 3.06. The van der Waals surface area contributed by atoms with Gasteiger partial charge in [0.15, 0.2) is 5.65 Å². The monoisotopic (exact) mass is 341 g/mol. The molecular formula is C18H23N5O2. The number of unbranched alkanes of at least 4 members (excludes halogenated alkanes) is 1. The number of hydrogen-bond acceptors (Lipinski definition) is 6. The van der Waals surface area contributed by atoms with Crippen LogP contribution in [0.5, 0.6) is 5.88 Å².